The molecule has 1 aromatic rings. The van der Waals surface area contributed by atoms with Crippen molar-refractivity contribution in [2.75, 3.05) is 37.3 Å². The van der Waals surface area contributed by atoms with Gasteiger partial charge in [0.05, 0.1) is 4.92 Å². The topological polar surface area (TPSA) is 96.2 Å². The quantitative estimate of drug-likeness (QED) is 0.609. The van der Waals surface area contributed by atoms with Gasteiger partial charge in [-0.1, -0.05) is 6.42 Å². The Bertz CT molecular complexity index is 490. The third kappa shape index (κ3) is 4.25. The standard InChI is InChI=1S/C13H22N6O2/c1-10(9-18-6-4-3-5-7-18)16-12-11(19(20)21)8-15-13(14-2)17-12/h8,10H,3-7,9H2,1-2H3,(H2,14,15,16,17). The van der Waals surface area contributed by atoms with Crippen molar-refractivity contribution >= 4 is 17.5 Å². The van der Waals surface area contributed by atoms with Crippen molar-refractivity contribution in [3.63, 3.8) is 0 Å². The van der Waals surface area contributed by atoms with Gasteiger partial charge in [0.1, 0.15) is 6.20 Å². The summed E-state index contributed by atoms with van der Waals surface area (Å²) in [5, 5.41) is 17.0. The number of piperidine rings is 1. The predicted octanol–water partition coefficient (Wildman–Crippen LogP) is 1.71. The van der Waals surface area contributed by atoms with E-state index >= 15 is 0 Å². The largest absolute Gasteiger partial charge is 0.360 e. The summed E-state index contributed by atoms with van der Waals surface area (Å²) in [6.45, 7) is 5.06. The second-order valence-electron chi connectivity index (χ2n) is 5.34. The minimum absolute atomic E-state index is 0.0846. The molecule has 2 N–H and O–H groups in total. The van der Waals surface area contributed by atoms with Gasteiger partial charge in [0.15, 0.2) is 0 Å². The van der Waals surface area contributed by atoms with Gasteiger partial charge in [-0.3, -0.25) is 10.1 Å². The molecule has 8 nitrogen and oxygen atoms in total. The summed E-state index contributed by atoms with van der Waals surface area (Å²) in [5.74, 6) is 0.636. The van der Waals surface area contributed by atoms with Crippen molar-refractivity contribution in [3.8, 4) is 0 Å². The maximum absolute atomic E-state index is 11.0. The lowest BCUT2D eigenvalue weighted by Gasteiger charge is -2.29. The van der Waals surface area contributed by atoms with Gasteiger partial charge in [-0.2, -0.15) is 4.98 Å². The van der Waals surface area contributed by atoms with E-state index in [1.165, 1.54) is 25.5 Å². The predicted molar refractivity (Wildman–Crippen MR) is 81.6 cm³/mol. The van der Waals surface area contributed by atoms with Crippen molar-refractivity contribution in [1.29, 1.82) is 0 Å². The number of nitrogens with zero attached hydrogens (tertiary/aromatic N) is 4. The molecular formula is C13H22N6O2. The molecule has 0 radical (unpaired) electrons. The van der Waals surface area contributed by atoms with Crippen LogP contribution in [0.25, 0.3) is 0 Å². The maximum Gasteiger partial charge on any atom is 0.329 e. The molecule has 2 heterocycles. The van der Waals surface area contributed by atoms with Crippen molar-refractivity contribution in [2.24, 2.45) is 0 Å². The lowest BCUT2D eigenvalue weighted by molar-refractivity contribution is -0.384. The molecule has 1 fully saturated rings. The molecule has 1 aromatic heterocycles. The average molecular weight is 294 g/mol. The number of hydrogen-bond acceptors (Lipinski definition) is 7. The number of aromatic nitrogens is 2. The zero-order chi connectivity index (χ0) is 15.2. The fourth-order valence-corrected chi connectivity index (χ4v) is 2.54. The Balaban J connectivity index is 2.04. The van der Waals surface area contributed by atoms with E-state index in [4.69, 9.17) is 0 Å². The number of likely N-dealkylation sites (tertiary alicyclic amines) is 1. The van der Waals surface area contributed by atoms with Gasteiger partial charge in [-0.05, 0) is 32.9 Å². The molecule has 116 valence electrons. The van der Waals surface area contributed by atoms with Crippen LogP contribution in [0.15, 0.2) is 6.20 Å². The summed E-state index contributed by atoms with van der Waals surface area (Å²) in [6, 6.07) is 0.0846. The van der Waals surface area contributed by atoms with Crippen LogP contribution in [0.5, 0.6) is 0 Å². The molecular weight excluding hydrogens is 272 g/mol. The first-order valence-corrected chi connectivity index (χ1v) is 7.28. The van der Waals surface area contributed by atoms with Gasteiger partial charge in [0, 0.05) is 19.6 Å². The molecule has 0 aromatic carbocycles. The Kier molecular flexibility index (Phi) is 5.26. The molecule has 0 saturated carbocycles. The third-order valence-electron chi connectivity index (χ3n) is 3.55. The van der Waals surface area contributed by atoms with Gasteiger partial charge < -0.3 is 15.5 Å². The van der Waals surface area contributed by atoms with E-state index in [9.17, 15) is 10.1 Å². The zero-order valence-corrected chi connectivity index (χ0v) is 12.5. The van der Waals surface area contributed by atoms with Crippen molar-refractivity contribution in [1.82, 2.24) is 14.9 Å². The Hall–Kier alpha value is -1.96. The second-order valence-corrected chi connectivity index (χ2v) is 5.34. The lowest BCUT2D eigenvalue weighted by atomic mass is 10.1. The molecule has 0 spiro atoms. The highest BCUT2D eigenvalue weighted by molar-refractivity contribution is 5.57. The minimum atomic E-state index is -0.463. The van der Waals surface area contributed by atoms with E-state index in [1.807, 2.05) is 6.92 Å². The maximum atomic E-state index is 11.0. The summed E-state index contributed by atoms with van der Waals surface area (Å²) in [7, 11) is 1.68. The van der Waals surface area contributed by atoms with Crippen LogP contribution in [0.1, 0.15) is 26.2 Å². The average Bonchev–Trinajstić information content (AvgIpc) is 2.47. The SMILES string of the molecule is CNc1ncc([N+](=O)[O-])c(NC(C)CN2CCCCC2)n1. The lowest BCUT2D eigenvalue weighted by Crippen LogP contribution is -2.38. The first kappa shape index (κ1) is 15.4. The van der Waals surface area contributed by atoms with Crippen LogP contribution in [-0.4, -0.2) is 52.5 Å². The Labute approximate surface area is 124 Å². The summed E-state index contributed by atoms with van der Waals surface area (Å²) in [6.07, 6.45) is 4.98. The normalized spacial score (nSPS) is 17.2. The summed E-state index contributed by atoms with van der Waals surface area (Å²) in [4.78, 5) is 21.0. The zero-order valence-electron chi connectivity index (χ0n) is 12.5. The fourth-order valence-electron chi connectivity index (χ4n) is 2.54. The molecule has 8 heteroatoms. The Morgan fingerprint density at radius 2 is 2.14 bits per heavy atom. The van der Waals surface area contributed by atoms with Gasteiger partial charge in [-0.15, -0.1) is 0 Å². The highest BCUT2D eigenvalue weighted by Gasteiger charge is 2.20. The highest BCUT2D eigenvalue weighted by Crippen LogP contribution is 2.22. The van der Waals surface area contributed by atoms with E-state index in [0.29, 0.717) is 5.95 Å². The van der Waals surface area contributed by atoms with Gasteiger partial charge in [-0.25, -0.2) is 4.98 Å². The molecule has 0 aliphatic carbocycles. The first-order chi connectivity index (χ1) is 10.1. The monoisotopic (exact) mass is 294 g/mol. The van der Waals surface area contributed by atoms with Crippen LogP contribution >= 0.6 is 0 Å². The van der Waals surface area contributed by atoms with Gasteiger partial charge >= 0.3 is 5.69 Å². The van der Waals surface area contributed by atoms with Crippen LogP contribution in [0, 0.1) is 10.1 Å². The number of hydrogen-bond donors (Lipinski definition) is 2. The smallest absolute Gasteiger partial charge is 0.329 e. The van der Waals surface area contributed by atoms with E-state index in [0.717, 1.165) is 19.6 Å². The number of nitro groups is 1. The molecule has 0 amide bonds. The van der Waals surface area contributed by atoms with Gasteiger partial charge in [0.2, 0.25) is 11.8 Å². The van der Waals surface area contributed by atoms with E-state index in [2.05, 4.69) is 25.5 Å². The van der Waals surface area contributed by atoms with Crippen molar-refractivity contribution in [2.45, 2.75) is 32.2 Å². The van der Waals surface area contributed by atoms with Crippen molar-refractivity contribution in [3.05, 3.63) is 16.3 Å². The second kappa shape index (κ2) is 7.16. The minimum Gasteiger partial charge on any atom is -0.360 e. The number of rotatable bonds is 6. The summed E-state index contributed by atoms with van der Waals surface area (Å²) in [5.41, 5.74) is -0.0977. The number of anilines is 2. The van der Waals surface area contributed by atoms with E-state index in [-0.39, 0.29) is 17.5 Å². The summed E-state index contributed by atoms with van der Waals surface area (Å²) >= 11 is 0. The Morgan fingerprint density at radius 1 is 1.43 bits per heavy atom. The fraction of sp³-hybridized carbons (Fsp3) is 0.692. The first-order valence-electron chi connectivity index (χ1n) is 7.28. The van der Waals surface area contributed by atoms with Crippen LogP contribution in [0.3, 0.4) is 0 Å². The highest BCUT2D eigenvalue weighted by atomic mass is 16.6. The van der Waals surface area contributed by atoms with Crippen LogP contribution in [0.4, 0.5) is 17.5 Å². The molecule has 1 atom stereocenters. The van der Waals surface area contributed by atoms with Crippen LogP contribution < -0.4 is 10.6 Å². The molecule has 0 bridgehead atoms. The summed E-state index contributed by atoms with van der Waals surface area (Å²) < 4.78 is 0. The van der Waals surface area contributed by atoms with Gasteiger partial charge in [0.25, 0.3) is 0 Å². The molecule has 2 rings (SSSR count). The molecule has 1 unspecified atom stereocenters. The Morgan fingerprint density at radius 3 is 2.76 bits per heavy atom. The molecule has 1 saturated heterocycles. The van der Waals surface area contributed by atoms with Crippen LogP contribution in [0.2, 0.25) is 0 Å². The van der Waals surface area contributed by atoms with E-state index < -0.39 is 4.92 Å². The molecule has 1 aliphatic heterocycles. The van der Waals surface area contributed by atoms with E-state index in [1.54, 1.807) is 7.05 Å². The molecule has 1 aliphatic rings. The third-order valence-corrected chi connectivity index (χ3v) is 3.55. The van der Waals surface area contributed by atoms with Crippen LogP contribution in [-0.2, 0) is 0 Å². The molecule has 21 heavy (non-hydrogen) atoms. The number of nitrogens with one attached hydrogen (secondary N) is 2. The van der Waals surface area contributed by atoms with Crippen molar-refractivity contribution < 1.29 is 4.92 Å².